The van der Waals surface area contributed by atoms with Gasteiger partial charge in [-0.3, -0.25) is 4.79 Å². The third-order valence-electron chi connectivity index (χ3n) is 7.40. The van der Waals surface area contributed by atoms with E-state index in [4.69, 9.17) is 0 Å². The summed E-state index contributed by atoms with van der Waals surface area (Å²) in [5.41, 5.74) is 4.32. The minimum atomic E-state index is -0.469. The highest BCUT2D eigenvalue weighted by atomic mass is 16.2. The van der Waals surface area contributed by atoms with Crippen LogP contribution in [0.1, 0.15) is 101 Å². The number of hydrogen-bond acceptors (Lipinski definition) is 6. The molecule has 1 aromatic heterocycles. The van der Waals surface area contributed by atoms with E-state index >= 15 is 0 Å². The van der Waals surface area contributed by atoms with E-state index in [9.17, 15) is 4.79 Å². The summed E-state index contributed by atoms with van der Waals surface area (Å²) in [6.45, 7) is 6.36. The monoisotopic (exact) mass is 437 g/mol. The molecule has 1 aliphatic heterocycles. The molecule has 0 saturated heterocycles. The Bertz CT molecular complexity index is 980. The van der Waals surface area contributed by atoms with Crippen LogP contribution >= 0.6 is 0 Å². The largest absolute Gasteiger partial charge is 0.361 e. The Balaban J connectivity index is 1.60. The van der Waals surface area contributed by atoms with Gasteiger partial charge in [0.2, 0.25) is 0 Å². The molecule has 0 bridgehead atoms. The lowest BCUT2D eigenvalue weighted by molar-refractivity contribution is -0.0204. The summed E-state index contributed by atoms with van der Waals surface area (Å²) in [6, 6.07) is 7.88. The van der Waals surface area contributed by atoms with Crippen LogP contribution in [0.3, 0.4) is 0 Å². The molecule has 8 heteroatoms. The molecule has 2 saturated carbocycles. The number of amides is 1. The van der Waals surface area contributed by atoms with Gasteiger partial charge in [0.05, 0.1) is 16.6 Å². The zero-order valence-corrected chi connectivity index (χ0v) is 19.5. The van der Waals surface area contributed by atoms with Gasteiger partial charge in [-0.1, -0.05) is 37.8 Å². The van der Waals surface area contributed by atoms with E-state index in [-0.39, 0.29) is 11.4 Å². The lowest BCUT2D eigenvalue weighted by Gasteiger charge is -2.53. The number of hydrazine groups is 1. The van der Waals surface area contributed by atoms with Crippen molar-refractivity contribution in [3.05, 3.63) is 35.7 Å². The Hall–Kier alpha value is -2.48. The Morgan fingerprint density at radius 2 is 1.62 bits per heavy atom. The third kappa shape index (κ3) is 3.49. The molecule has 0 atom stereocenters. The number of tetrazole rings is 1. The maximum Gasteiger partial charge on any atom is 0.272 e. The van der Waals surface area contributed by atoms with Gasteiger partial charge in [0.15, 0.2) is 5.82 Å². The van der Waals surface area contributed by atoms with Crippen molar-refractivity contribution < 1.29 is 4.79 Å². The van der Waals surface area contributed by atoms with Gasteiger partial charge in [0.25, 0.3) is 5.91 Å². The molecule has 2 heterocycles. The number of rotatable bonds is 3. The molecule has 0 radical (unpaired) electrons. The van der Waals surface area contributed by atoms with Crippen molar-refractivity contribution in [1.82, 2.24) is 30.6 Å². The number of nitrogens with zero attached hydrogens (tertiary/aromatic N) is 5. The second-order valence-corrected chi connectivity index (χ2v) is 10.7. The number of para-hydroxylation sites is 1. The lowest BCUT2D eigenvalue weighted by Crippen LogP contribution is -2.69. The maximum atomic E-state index is 13.9. The quantitative estimate of drug-likeness (QED) is 0.743. The number of anilines is 1. The predicted molar refractivity (Wildman–Crippen MR) is 123 cm³/mol. The lowest BCUT2D eigenvalue weighted by atomic mass is 9.80. The van der Waals surface area contributed by atoms with Crippen molar-refractivity contribution in [3.8, 4) is 0 Å². The molecule has 2 aliphatic carbocycles. The van der Waals surface area contributed by atoms with Crippen LogP contribution in [0.15, 0.2) is 24.3 Å². The summed E-state index contributed by atoms with van der Waals surface area (Å²) < 4.78 is 1.94. The van der Waals surface area contributed by atoms with Crippen molar-refractivity contribution in [3.63, 3.8) is 0 Å². The number of nitrogens with one attached hydrogen (secondary N) is 2. The smallest absolute Gasteiger partial charge is 0.272 e. The summed E-state index contributed by atoms with van der Waals surface area (Å²) >= 11 is 0. The molecule has 8 nitrogen and oxygen atoms in total. The summed E-state index contributed by atoms with van der Waals surface area (Å²) in [4.78, 5) is 13.9. The molecule has 1 aromatic carbocycles. The highest BCUT2D eigenvalue weighted by Crippen LogP contribution is 2.43. The molecule has 1 amide bonds. The first-order valence-corrected chi connectivity index (χ1v) is 12.1. The molecule has 2 fully saturated rings. The first-order chi connectivity index (χ1) is 15.3. The second-order valence-electron chi connectivity index (χ2n) is 10.7. The van der Waals surface area contributed by atoms with E-state index in [0.29, 0.717) is 0 Å². The van der Waals surface area contributed by atoms with Gasteiger partial charge >= 0.3 is 0 Å². The summed E-state index contributed by atoms with van der Waals surface area (Å²) in [7, 11) is 0. The molecule has 2 N–H and O–H groups in total. The summed E-state index contributed by atoms with van der Waals surface area (Å²) in [5, 5.41) is 18.7. The number of hydrogen-bond donors (Lipinski definition) is 2. The summed E-state index contributed by atoms with van der Waals surface area (Å²) in [6.07, 6.45) is 10.5. The average molecular weight is 438 g/mol. The maximum absolute atomic E-state index is 13.9. The second kappa shape index (κ2) is 7.83. The van der Waals surface area contributed by atoms with E-state index in [0.717, 1.165) is 68.4 Å². The molecule has 1 spiro atoms. The van der Waals surface area contributed by atoms with Crippen LogP contribution < -0.4 is 10.7 Å². The van der Waals surface area contributed by atoms with Crippen LogP contribution in [-0.2, 0) is 11.1 Å². The minimum Gasteiger partial charge on any atom is -0.361 e. The van der Waals surface area contributed by atoms with Crippen LogP contribution in [-0.4, -0.2) is 36.8 Å². The van der Waals surface area contributed by atoms with Gasteiger partial charge in [-0.2, -0.15) is 0 Å². The van der Waals surface area contributed by atoms with Crippen LogP contribution in [0.5, 0.6) is 0 Å². The molecule has 5 rings (SSSR count). The SMILES string of the molecule is CC(C)(C)n1nnnc1C1(NN2C(=O)c3ccccc3NC23CCCCC3)CCCCC1. The predicted octanol–water partition coefficient (Wildman–Crippen LogP) is 4.32. The molecular weight excluding hydrogens is 402 g/mol. The fourth-order valence-electron chi connectivity index (χ4n) is 5.74. The van der Waals surface area contributed by atoms with Gasteiger partial charge in [-0.25, -0.2) is 15.1 Å². The zero-order valence-electron chi connectivity index (χ0n) is 19.5. The minimum absolute atomic E-state index is 0.0426. The van der Waals surface area contributed by atoms with Crippen molar-refractivity contribution >= 4 is 11.6 Å². The highest BCUT2D eigenvalue weighted by Gasteiger charge is 2.51. The molecular formula is C24H35N7O. The van der Waals surface area contributed by atoms with E-state index < -0.39 is 11.2 Å². The highest BCUT2D eigenvalue weighted by molar-refractivity contribution is 6.02. The van der Waals surface area contributed by atoms with Crippen molar-refractivity contribution in [2.75, 3.05) is 5.32 Å². The van der Waals surface area contributed by atoms with Gasteiger partial charge < -0.3 is 5.32 Å². The number of benzene rings is 1. The van der Waals surface area contributed by atoms with Crippen LogP contribution in [0, 0.1) is 0 Å². The van der Waals surface area contributed by atoms with Crippen LogP contribution in [0.25, 0.3) is 0 Å². The number of fused-ring (bicyclic) bond motifs is 1. The van der Waals surface area contributed by atoms with Crippen LogP contribution in [0.4, 0.5) is 5.69 Å². The van der Waals surface area contributed by atoms with Gasteiger partial charge in [-0.15, -0.1) is 5.10 Å². The normalized spacial score (nSPS) is 22.5. The van der Waals surface area contributed by atoms with E-state index in [1.165, 1.54) is 12.8 Å². The first kappa shape index (κ1) is 21.4. The number of aromatic nitrogens is 4. The van der Waals surface area contributed by atoms with Crippen LogP contribution in [0.2, 0.25) is 0 Å². The van der Waals surface area contributed by atoms with Gasteiger partial charge in [-0.05, 0) is 81.9 Å². The van der Waals surface area contributed by atoms with Gasteiger partial charge in [0.1, 0.15) is 5.66 Å². The van der Waals surface area contributed by atoms with Gasteiger partial charge in [0, 0.05) is 5.69 Å². The average Bonchev–Trinajstić information content (AvgIpc) is 3.30. The molecule has 32 heavy (non-hydrogen) atoms. The van der Waals surface area contributed by atoms with E-state index in [2.05, 4.69) is 47.0 Å². The fourth-order valence-corrected chi connectivity index (χ4v) is 5.74. The number of carbonyl (C=O) groups is 1. The molecule has 3 aliphatic rings. The number of carbonyl (C=O) groups excluding carboxylic acids is 1. The first-order valence-electron chi connectivity index (χ1n) is 12.1. The van der Waals surface area contributed by atoms with Crippen molar-refractivity contribution in [1.29, 1.82) is 0 Å². The molecule has 0 unspecified atom stereocenters. The van der Waals surface area contributed by atoms with E-state index in [1.54, 1.807) is 0 Å². The molecule has 2 aromatic rings. The Morgan fingerprint density at radius 3 is 2.31 bits per heavy atom. The fraction of sp³-hybridized carbons (Fsp3) is 0.667. The van der Waals surface area contributed by atoms with E-state index in [1.807, 2.05) is 34.0 Å². The molecule has 172 valence electrons. The summed E-state index contributed by atoms with van der Waals surface area (Å²) in [5.74, 6) is 0.878. The zero-order chi connectivity index (χ0) is 22.4. The standard InChI is InChI=1S/C24H35N7O/c1-22(2,3)31-21(26-28-29-31)23(14-8-4-9-15-23)27-30-20(32)18-12-6-7-13-19(18)25-24(30)16-10-5-11-17-24/h6-7,12-13,25,27H,4-5,8-11,14-17H2,1-3H3. The Morgan fingerprint density at radius 1 is 0.969 bits per heavy atom. The topological polar surface area (TPSA) is 88.0 Å². The van der Waals surface area contributed by atoms with Crippen molar-refractivity contribution in [2.24, 2.45) is 0 Å². The Labute approximate surface area is 190 Å². The Kier molecular flexibility index (Phi) is 5.23. The van der Waals surface area contributed by atoms with Crippen molar-refractivity contribution in [2.45, 2.75) is 102 Å². The third-order valence-corrected chi connectivity index (χ3v) is 7.40.